The molecule has 156 valence electrons. The molecule has 28 heavy (non-hydrogen) atoms. The smallest absolute Gasteiger partial charge is 0.344 e. The Bertz CT molecular complexity index is 774. The van der Waals surface area contributed by atoms with E-state index >= 15 is 0 Å². The van der Waals surface area contributed by atoms with E-state index in [2.05, 4.69) is 0 Å². The fourth-order valence-electron chi connectivity index (χ4n) is 2.95. The maximum Gasteiger partial charge on any atom is 0.344 e. The average Bonchev–Trinajstić information content (AvgIpc) is 3.02. The monoisotopic (exact) mass is 413 g/mol. The minimum Gasteiger partial charge on any atom is -0.497 e. The van der Waals surface area contributed by atoms with E-state index in [4.69, 9.17) is 14.2 Å². The van der Waals surface area contributed by atoms with Crippen LogP contribution in [0.4, 0.5) is 0 Å². The van der Waals surface area contributed by atoms with Crippen molar-refractivity contribution in [3.63, 3.8) is 0 Å². The number of sulfone groups is 1. The van der Waals surface area contributed by atoms with Gasteiger partial charge in [-0.15, -0.1) is 0 Å². The summed E-state index contributed by atoms with van der Waals surface area (Å²) < 4.78 is 38.8. The van der Waals surface area contributed by atoms with Crippen molar-refractivity contribution >= 4 is 21.7 Å². The van der Waals surface area contributed by atoms with Crippen LogP contribution in [0.3, 0.4) is 0 Å². The summed E-state index contributed by atoms with van der Waals surface area (Å²) in [4.78, 5) is 25.9. The Labute approximate surface area is 165 Å². The van der Waals surface area contributed by atoms with Crippen LogP contribution in [0.5, 0.6) is 11.5 Å². The number of carbonyl (C=O) groups is 2. The summed E-state index contributed by atoms with van der Waals surface area (Å²) in [6, 6.07) is 6.34. The molecule has 1 saturated heterocycles. The largest absolute Gasteiger partial charge is 0.497 e. The van der Waals surface area contributed by atoms with Crippen LogP contribution in [0, 0.1) is 5.92 Å². The first-order chi connectivity index (χ1) is 13.2. The molecule has 2 rings (SSSR count). The molecule has 0 saturated carbocycles. The molecule has 1 aromatic carbocycles. The fourth-order valence-corrected chi connectivity index (χ4v) is 4.68. The van der Waals surface area contributed by atoms with Crippen LogP contribution < -0.4 is 9.47 Å². The zero-order valence-electron chi connectivity index (χ0n) is 16.4. The lowest BCUT2D eigenvalue weighted by Crippen LogP contribution is -2.45. The maximum atomic E-state index is 12.5. The summed E-state index contributed by atoms with van der Waals surface area (Å²) in [5, 5.41) is 0. The average molecular weight is 413 g/mol. The maximum absolute atomic E-state index is 12.5. The van der Waals surface area contributed by atoms with E-state index in [1.165, 1.54) is 4.90 Å². The molecule has 0 unspecified atom stereocenters. The number of methoxy groups -OCH3 is 1. The Kier molecular flexibility index (Phi) is 7.68. The molecule has 1 aliphatic heterocycles. The summed E-state index contributed by atoms with van der Waals surface area (Å²) >= 11 is 0. The Morgan fingerprint density at radius 1 is 1.14 bits per heavy atom. The van der Waals surface area contributed by atoms with Crippen LogP contribution >= 0.6 is 0 Å². The summed E-state index contributed by atoms with van der Waals surface area (Å²) in [5.74, 6) is 0.277. The van der Waals surface area contributed by atoms with Crippen molar-refractivity contribution in [2.24, 2.45) is 5.92 Å². The van der Waals surface area contributed by atoms with Crippen molar-refractivity contribution in [3.8, 4) is 11.5 Å². The third-order valence-corrected chi connectivity index (χ3v) is 6.05. The van der Waals surface area contributed by atoms with Gasteiger partial charge in [0.05, 0.1) is 18.6 Å². The third-order valence-electron chi connectivity index (χ3n) is 4.30. The van der Waals surface area contributed by atoms with Gasteiger partial charge >= 0.3 is 5.97 Å². The number of carbonyl (C=O) groups excluding carboxylic acids is 2. The first-order valence-electron chi connectivity index (χ1n) is 9.12. The van der Waals surface area contributed by atoms with Gasteiger partial charge in [-0.2, -0.15) is 0 Å². The molecule has 1 amide bonds. The van der Waals surface area contributed by atoms with Crippen molar-refractivity contribution in [2.75, 3.05) is 38.4 Å². The first-order valence-corrected chi connectivity index (χ1v) is 10.9. The second-order valence-corrected chi connectivity index (χ2v) is 9.35. The highest BCUT2D eigenvalue weighted by molar-refractivity contribution is 7.91. The number of esters is 1. The van der Waals surface area contributed by atoms with E-state index in [1.54, 1.807) is 31.4 Å². The molecule has 0 aliphatic carbocycles. The van der Waals surface area contributed by atoms with E-state index in [9.17, 15) is 18.0 Å². The number of benzene rings is 1. The second kappa shape index (κ2) is 9.77. The van der Waals surface area contributed by atoms with Gasteiger partial charge < -0.3 is 19.1 Å². The normalized spacial score (nSPS) is 17.9. The molecule has 1 atom stereocenters. The van der Waals surface area contributed by atoms with Gasteiger partial charge in [-0.1, -0.05) is 13.8 Å². The van der Waals surface area contributed by atoms with Crippen LogP contribution in [0.1, 0.15) is 20.3 Å². The van der Waals surface area contributed by atoms with Gasteiger partial charge in [-0.25, -0.2) is 13.2 Å². The Morgan fingerprint density at radius 3 is 2.32 bits per heavy atom. The second-order valence-electron chi connectivity index (χ2n) is 7.12. The molecular formula is C19H27NO7S. The fraction of sp³-hybridized carbons (Fsp3) is 0.579. The van der Waals surface area contributed by atoms with Crippen molar-refractivity contribution < 1.29 is 32.2 Å². The van der Waals surface area contributed by atoms with Gasteiger partial charge in [0.2, 0.25) is 0 Å². The molecule has 0 radical (unpaired) electrons. The molecule has 9 heteroatoms. The molecule has 0 spiro atoms. The minimum atomic E-state index is -3.12. The highest BCUT2D eigenvalue weighted by Gasteiger charge is 2.35. The highest BCUT2D eigenvalue weighted by atomic mass is 32.2. The zero-order valence-corrected chi connectivity index (χ0v) is 17.2. The number of ether oxygens (including phenoxy) is 3. The number of rotatable bonds is 9. The first kappa shape index (κ1) is 22.0. The van der Waals surface area contributed by atoms with Crippen molar-refractivity contribution in [3.05, 3.63) is 24.3 Å². The number of hydrogen-bond donors (Lipinski definition) is 0. The van der Waals surface area contributed by atoms with E-state index in [0.717, 1.165) is 0 Å². The van der Waals surface area contributed by atoms with Crippen molar-refractivity contribution in [1.29, 1.82) is 0 Å². The van der Waals surface area contributed by atoms with Gasteiger partial charge in [0.15, 0.2) is 23.1 Å². The minimum absolute atomic E-state index is 0.0417. The predicted molar refractivity (Wildman–Crippen MR) is 103 cm³/mol. The Morgan fingerprint density at radius 2 is 1.79 bits per heavy atom. The van der Waals surface area contributed by atoms with Crippen LogP contribution in [-0.2, 0) is 24.2 Å². The molecular weight excluding hydrogens is 386 g/mol. The molecule has 1 fully saturated rings. The van der Waals surface area contributed by atoms with Gasteiger partial charge in [-0.05, 0) is 36.6 Å². The SMILES string of the molecule is COc1ccc(OCC(=O)OCC(=O)N(CC(C)C)[C@H]2CCS(=O)(=O)C2)cc1. The lowest BCUT2D eigenvalue weighted by molar-refractivity contribution is -0.154. The van der Waals surface area contributed by atoms with Crippen LogP contribution in [0.15, 0.2) is 24.3 Å². The third kappa shape index (κ3) is 6.70. The molecule has 0 bridgehead atoms. The standard InChI is InChI=1S/C19H27NO7S/c1-14(2)10-20(15-8-9-28(23,24)13-15)18(21)11-27-19(22)12-26-17-6-4-16(25-3)5-7-17/h4-7,14-15H,8-13H2,1-3H3/t15-/m0/s1. The van der Waals surface area contributed by atoms with Gasteiger partial charge in [0.1, 0.15) is 11.5 Å². The molecule has 0 aromatic heterocycles. The topological polar surface area (TPSA) is 99.2 Å². The van der Waals surface area contributed by atoms with Crippen LogP contribution in [0.2, 0.25) is 0 Å². The highest BCUT2D eigenvalue weighted by Crippen LogP contribution is 2.20. The lowest BCUT2D eigenvalue weighted by Gasteiger charge is -2.29. The molecule has 8 nitrogen and oxygen atoms in total. The van der Waals surface area contributed by atoms with E-state index < -0.39 is 28.3 Å². The summed E-state index contributed by atoms with van der Waals surface area (Å²) in [5.41, 5.74) is 0. The molecule has 1 heterocycles. The Hall–Kier alpha value is -2.29. The van der Waals surface area contributed by atoms with Crippen molar-refractivity contribution in [2.45, 2.75) is 26.3 Å². The molecule has 0 N–H and O–H groups in total. The van der Waals surface area contributed by atoms with Gasteiger partial charge in [0.25, 0.3) is 5.91 Å². The van der Waals surface area contributed by atoms with Crippen LogP contribution in [-0.4, -0.2) is 69.6 Å². The molecule has 1 aliphatic rings. The number of nitrogens with zero attached hydrogens (tertiary/aromatic N) is 1. The predicted octanol–water partition coefficient (Wildman–Crippen LogP) is 1.29. The van der Waals surface area contributed by atoms with Crippen LogP contribution in [0.25, 0.3) is 0 Å². The zero-order chi connectivity index (χ0) is 20.7. The van der Waals surface area contributed by atoms with E-state index in [-0.39, 0.29) is 30.1 Å². The van der Waals surface area contributed by atoms with E-state index in [0.29, 0.717) is 24.5 Å². The summed E-state index contributed by atoms with van der Waals surface area (Å²) in [6.07, 6.45) is 0.412. The quantitative estimate of drug-likeness (QED) is 0.563. The van der Waals surface area contributed by atoms with Gasteiger partial charge in [-0.3, -0.25) is 4.79 Å². The number of amides is 1. The van der Waals surface area contributed by atoms with Crippen molar-refractivity contribution in [1.82, 2.24) is 4.90 Å². The Balaban J connectivity index is 1.84. The van der Waals surface area contributed by atoms with Gasteiger partial charge in [0, 0.05) is 12.6 Å². The summed E-state index contributed by atoms with van der Waals surface area (Å²) in [7, 11) is -1.57. The number of hydrogen-bond acceptors (Lipinski definition) is 7. The molecule has 1 aromatic rings. The lowest BCUT2D eigenvalue weighted by atomic mass is 10.1. The summed E-state index contributed by atoms with van der Waals surface area (Å²) in [6.45, 7) is 3.53. The van der Waals surface area contributed by atoms with E-state index in [1.807, 2.05) is 13.8 Å².